The van der Waals surface area contributed by atoms with E-state index in [1.54, 1.807) is 12.1 Å². The first kappa shape index (κ1) is 13.5. The van der Waals surface area contributed by atoms with Gasteiger partial charge in [0.2, 0.25) is 0 Å². The summed E-state index contributed by atoms with van der Waals surface area (Å²) >= 11 is 0. The summed E-state index contributed by atoms with van der Waals surface area (Å²) in [5, 5.41) is 3.33. The van der Waals surface area contributed by atoms with Crippen LogP contribution in [0.1, 0.15) is 25.3 Å². The van der Waals surface area contributed by atoms with Crippen molar-refractivity contribution < 1.29 is 4.39 Å². The Bertz CT molecular complexity index is 381. The Kier molecular flexibility index (Phi) is 4.72. The molecule has 1 heterocycles. The van der Waals surface area contributed by atoms with Crippen LogP contribution in [0, 0.1) is 11.7 Å². The summed E-state index contributed by atoms with van der Waals surface area (Å²) in [5.74, 6) is 0.594. The zero-order valence-corrected chi connectivity index (χ0v) is 11.3. The van der Waals surface area contributed by atoms with Gasteiger partial charge in [-0.1, -0.05) is 18.2 Å². The number of hydrogen-bond acceptors (Lipinski definition) is 2. The number of rotatable bonds is 4. The molecule has 0 spiro atoms. The summed E-state index contributed by atoms with van der Waals surface area (Å²) in [5.41, 5.74) is 0.815. The molecule has 2 unspecified atom stereocenters. The van der Waals surface area contributed by atoms with E-state index >= 15 is 0 Å². The van der Waals surface area contributed by atoms with Crippen molar-refractivity contribution in [3.63, 3.8) is 0 Å². The summed E-state index contributed by atoms with van der Waals surface area (Å²) in [4.78, 5) is 2.38. The third-order valence-electron chi connectivity index (χ3n) is 4.06. The first-order valence-corrected chi connectivity index (χ1v) is 6.83. The van der Waals surface area contributed by atoms with Gasteiger partial charge in [0.05, 0.1) is 0 Å². The molecule has 18 heavy (non-hydrogen) atoms. The van der Waals surface area contributed by atoms with Crippen LogP contribution in [0.25, 0.3) is 0 Å². The van der Waals surface area contributed by atoms with Crippen LogP contribution in [0.3, 0.4) is 0 Å². The van der Waals surface area contributed by atoms with Crippen LogP contribution >= 0.6 is 0 Å². The Labute approximate surface area is 109 Å². The fourth-order valence-electron chi connectivity index (χ4n) is 2.75. The molecular formula is C15H23FN2. The minimum Gasteiger partial charge on any atom is -0.317 e. The van der Waals surface area contributed by atoms with E-state index < -0.39 is 0 Å². The zero-order chi connectivity index (χ0) is 13.0. The van der Waals surface area contributed by atoms with Crippen LogP contribution in [-0.2, 0) is 6.54 Å². The SMILES string of the molecule is CNC(C)C1CCCN(Cc2ccccc2F)C1. The Hall–Kier alpha value is -0.930. The van der Waals surface area contributed by atoms with Crippen LogP contribution in [0.5, 0.6) is 0 Å². The summed E-state index contributed by atoms with van der Waals surface area (Å²) in [6.45, 7) is 5.12. The first-order valence-electron chi connectivity index (χ1n) is 6.83. The van der Waals surface area contributed by atoms with Gasteiger partial charge in [-0.15, -0.1) is 0 Å². The second-order valence-corrected chi connectivity index (χ2v) is 5.31. The quantitative estimate of drug-likeness (QED) is 0.883. The molecule has 0 bridgehead atoms. The maximum Gasteiger partial charge on any atom is 0.127 e. The number of benzene rings is 1. The third kappa shape index (κ3) is 3.30. The molecule has 0 radical (unpaired) electrons. The molecule has 1 fully saturated rings. The van der Waals surface area contributed by atoms with Crippen LogP contribution < -0.4 is 5.32 Å². The van der Waals surface area contributed by atoms with E-state index in [2.05, 4.69) is 17.1 Å². The molecule has 0 aliphatic carbocycles. The molecule has 0 amide bonds. The number of likely N-dealkylation sites (tertiary alicyclic amines) is 1. The summed E-state index contributed by atoms with van der Waals surface area (Å²) < 4.78 is 13.6. The van der Waals surface area contributed by atoms with Gasteiger partial charge >= 0.3 is 0 Å². The fourth-order valence-corrected chi connectivity index (χ4v) is 2.75. The first-order chi connectivity index (χ1) is 8.70. The van der Waals surface area contributed by atoms with Gasteiger partial charge in [0.15, 0.2) is 0 Å². The van der Waals surface area contributed by atoms with E-state index in [0.29, 0.717) is 12.0 Å². The lowest BCUT2D eigenvalue weighted by Crippen LogP contribution is -2.43. The predicted molar refractivity (Wildman–Crippen MR) is 72.9 cm³/mol. The second-order valence-electron chi connectivity index (χ2n) is 5.31. The van der Waals surface area contributed by atoms with Crippen LogP contribution in [-0.4, -0.2) is 31.1 Å². The molecule has 100 valence electrons. The van der Waals surface area contributed by atoms with Crippen molar-refractivity contribution >= 4 is 0 Å². The molecular weight excluding hydrogens is 227 g/mol. The molecule has 1 aromatic rings. The molecule has 0 aromatic heterocycles. The van der Waals surface area contributed by atoms with Crippen molar-refractivity contribution in [2.75, 3.05) is 20.1 Å². The van der Waals surface area contributed by atoms with E-state index in [1.165, 1.54) is 12.8 Å². The largest absolute Gasteiger partial charge is 0.317 e. The van der Waals surface area contributed by atoms with Gasteiger partial charge in [-0.2, -0.15) is 0 Å². The van der Waals surface area contributed by atoms with E-state index in [0.717, 1.165) is 25.2 Å². The number of nitrogens with one attached hydrogen (secondary N) is 1. The van der Waals surface area contributed by atoms with Crippen LogP contribution in [0.15, 0.2) is 24.3 Å². The number of nitrogens with zero attached hydrogens (tertiary/aromatic N) is 1. The second kappa shape index (κ2) is 6.30. The monoisotopic (exact) mass is 250 g/mol. The van der Waals surface area contributed by atoms with E-state index in [9.17, 15) is 4.39 Å². The average molecular weight is 250 g/mol. The van der Waals surface area contributed by atoms with Crippen molar-refractivity contribution in [2.24, 2.45) is 5.92 Å². The molecule has 1 N–H and O–H groups in total. The highest BCUT2D eigenvalue weighted by Crippen LogP contribution is 2.21. The molecule has 2 atom stereocenters. The minimum absolute atomic E-state index is 0.0821. The van der Waals surface area contributed by atoms with Gasteiger partial charge in [0, 0.05) is 24.7 Å². The van der Waals surface area contributed by atoms with E-state index in [-0.39, 0.29) is 5.82 Å². The van der Waals surface area contributed by atoms with Crippen LogP contribution in [0.2, 0.25) is 0 Å². The fraction of sp³-hybridized carbons (Fsp3) is 0.600. The van der Waals surface area contributed by atoms with E-state index in [1.807, 2.05) is 19.2 Å². The summed E-state index contributed by atoms with van der Waals surface area (Å²) in [7, 11) is 2.01. The van der Waals surface area contributed by atoms with Gasteiger partial charge in [-0.3, -0.25) is 4.90 Å². The van der Waals surface area contributed by atoms with Crippen molar-refractivity contribution in [2.45, 2.75) is 32.4 Å². The topological polar surface area (TPSA) is 15.3 Å². The molecule has 1 aliphatic heterocycles. The molecule has 1 aromatic carbocycles. The van der Waals surface area contributed by atoms with Crippen molar-refractivity contribution in [1.29, 1.82) is 0 Å². The molecule has 1 saturated heterocycles. The van der Waals surface area contributed by atoms with Gasteiger partial charge in [-0.25, -0.2) is 4.39 Å². The highest BCUT2D eigenvalue weighted by atomic mass is 19.1. The maximum atomic E-state index is 13.6. The number of hydrogen-bond donors (Lipinski definition) is 1. The molecule has 2 rings (SSSR count). The van der Waals surface area contributed by atoms with Gasteiger partial charge in [0.1, 0.15) is 5.82 Å². The molecule has 0 saturated carbocycles. The highest BCUT2D eigenvalue weighted by molar-refractivity contribution is 5.17. The van der Waals surface area contributed by atoms with E-state index in [4.69, 9.17) is 0 Å². The normalized spacial score (nSPS) is 22.9. The summed E-state index contributed by atoms with van der Waals surface area (Å²) in [6.07, 6.45) is 2.49. The molecule has 2 nitrogen and oxygen atoms in total. The van der Waals surface area contributed by atoms with Crippen molar-refractivity contribution in [1.82, 2.24) is 10.2 Å². The summed E-state index contributed by atoms with van der Waals surface area (Å²) in [6, 6.07) is 7.64. The third-order valence-corrected chi connectivity index (χ3v) is 4.06. The lowest BCUT2D eigenvalue weighted by molar-refractivity contribution is 0.145. The Morgan fingerprint density at radius 2 is 2.22 bits per heavy atom. The number of halogens is 1. The van der Waals surface area contributed by atoms with Crippen LogP contribution in [0.4, 0.5) is 4.39 Å². The van der Waals surface area contributed by atoms with Crippen molar-refractivity contribution in [3.05, 3.63) is 35.6 Å². The average Bonchev–Trinajstić information content (AvgIpc) is 2.41. The minimum atomic E-state index is -0.0821. The predicted octanol–water partition coefficient (Wildman–Crippen LogP) is 2.65. The Morgan fingerprint density at radius 1 is 1.44 bits per heavy atom. The Morgan fingerprint density at radius 3 is 2.94 bits per heavy atom. The zero-order valence-electron chi connectivity index (χ0n) is 11.3. The van der Waals surface area contributed by atoms with Gasteiger partial charge in [-0.05, 0) is 45.3 Å². The van der Waals surface area contributed by atoms with Gasteiger partial charge in [0.25, 0.3) is 0 Å². The standard InChI is InChI=1S/C15H23FN2/c1-12(17-2)13-7-5-9-18(10-13)11-14-6-3-4-8-15(14)16/h3-4,6,8,12-13,17H,5,7,9-11H2,1-2H3. The molecule has 3 heteroatoms. The lowest BCUT2D eigenvalue weighted by atomic mass is 9.91. The molecule has 1 aliphatic rings. The highest BCUT2D eigenvalue weighted by Gasteiger charge is 2.24. The Balaban J connectivity index is 1.96. The number of piperidine rings is 1. The van der Waals surface area contributed by atoms with Crippen molar-refractivity contribution in [3.8, 4) is 0 Å². The van der Waals surface area contributed by atoms with Gasteiger partial charge < -0.3 is 5.32 Å². The smallest absolute Gasteiger partial charge is 0.127 e. The maximum absolute atomic E-state index is 13.6. The lowest BCUT2D eigenvalue weighted by Gasteiger charge is -2.35.